The number of urea groups is 1. The van der Waals surface area contributed by atoms with Crippen molar-refractivity contribution in [2.45, 2.75) is 32.2 Å². The van der Waals surface area contributed by atoms with E-state index in [1.165, 1.54) is 0 Å². The quantitative estimate of drug-likeness (QED) is 0.716. The number of aliphatic carboxylic acids is 1. The first-order chi connectivity index (χ1) is 9.51. The molecule has 1 aromatic rings. The molecule has 0 aromatic heterocycles. The highest BCUT2D eigenvalue weighted by Gasteiger charge is 2.08. The molecule has 1 aromatic carbocycles. The lowest BCUT2D eigenvalue weighted by molar-refractivity contribution is -0.137. The van der Waals surface area contributed by atoms with Gasteiger partial charge < -0.3 is 20.5 Å². The summed E-state index contributed by atoms with van der Waals surface area (Å²) in [7, 11) is 1.58. The van der Waals surface area contributed by atoms with Crippen LogP contribution in [0.2, 0.25) is 0 Å². The van der Waals surface area contributed by atoms with Crippen LogP contribution in [0.15, 0.2) is 24.3 Å². The highest BCUT2D eigenvalue weighted by molar-refractivity contribution is 5.89. The second kappa shape index (κ2) is 8.04. The number of rotatable bonds is 7. The molecule has 0 spiro atoms. The Morgan fingerprint density at radius 1 is 1.30 bits per heavy atom. The van der Waals surface area contributed by atoms with E-state index in [2.05, 4.69) is 10.6 Å². The highest BCUT2D eigenvalue weighted by Crippen LogP contribution is 2.14. The molecule has 110 valence electrons. The van der Waals surface area contributed by atoms with Gasteiger partial charge >= 0.3 is 12.0 Å². The molecule has 0 bridgehead atoms. The lowest BCUT2D eigenvalue weighted by Crippen LogP contribution is -2.36. The maximum atomic E-state index is 11.7. The third-order valence-corrected chi connectivity index (χ3v) is 2.75. The van der Waals surface area contributed by atoms with E-state index in [9.17, 15) is 9.59 Å². The zero-order valence-electron chi connectivity index (χ0n) is 11.7. The fourth-order valence-electron chi connectivity index (χ4n) is 1.70. The van der Waals surface area contributed by atoms with Crippen molar-refractivity contribution in [2.75, 3.05) is 12.4 Å². The van der Waals surface area contributed by atoms with Crippen LogP contribution in [0, 0.1) is 0 Å². The summed E-state index contributed by atoms with van der Waals surface area (Å²) >= 11 is 0. The number of amides is 2. The molecule has 3 N–H and O–H groups in total. The van der Waals surface area contributed by atoms with Crippen molar-refractivity contribution >= 4 is 17.7 Å². The van der Waals surface area contributed by atoms with Crippen LogP contribution in [-0.2, 0) is 4.79 Å². The summed E-state index contributed by atoms with van der Waals surface area (Å²) in [5.74, 6) is -0.0992. The summed E-state index contributed by atoms with van der Waals surface area (Å²) in [6.45, 7) is 1.84. The van der Waals surface area contributed by atoms with Crippen molar-refractivity contribution in [1.29, 1.82) is 0 Å². The summed E-state index contributed by atoms with van der Waals surface area (Å²) in [5.41, 5.74) is 0.668. The van der Waals surface area contributed by atoms with Crippen LogP contribution in [0.5, 0.6) is 5.75 Å². The lowest BCUT2D eigenvalue weighted by atomic mass is 10.1. The van der Waals surface area contributed by atoms with E-state index in [0.717, 1.165) is 5.75 Å². The Labute approximate surface area is 118 Å². The van der Waals surface area contributed by atoms with Crippen molar-refractivity contribution in [2.24, 2.45) is 0 Å². The molecule has 6 nitrogen and oxygen atoms in total. The Balaban J connectivity index is 2.32. The van der Waals surface area contributed by atoms with Gasteiger partial charge in [0.15, 0.2) is 0 Å². The number of anilines is 1. The number of ether oxygens (including phenoxy) is 1. The summed E-state index contributed by atoms with van der Waals surface area (Å²) < 4.78 is 5.03. The van der Waals surface area contributed by atoms with Crippen molar-refractivity contribution in [3.63, 3.8) is 0 Å². The van der Waals surface area contributed by atoms with Gasteiger partial charge in [-0.25, -0.2) is 4.79 Å². The number of benzene rings is 1. The van der Waals surface area contributed by atoms with Crippen LogP contribution in [-0.4, -0.2) is 30.3 Å². The SMILES string of the molecule is COc1ccc(NC(=O)NC(C)CCCC(=O)O)cc1. The summed E-state index contributed by atoms with van der Waals surface area (Å²) in [4.78, 5) is 22.1. The molecule has 0 saturated heterocycles. The average Bonchev–Trinajstić information content (AvgIpc) is 2.38. The molecule has 2 amide bonds. The Morgan fingerprint density at radius 3 is 2.50 bits per heavy atom. The molecular formula is C14H20N2O4. The second-order valence-electron chi connectivity index (χ2n) is 4.51. The van der Waals surface area contributed by atoms with Gasteiger partial charge in [-0.15, -0.1) is 0 Å². The molecule has 6 heteroatoms. The number of nitrogens with one attached hydrogen (secondary N) is 2. The Kier molecular flexibility index (Phi) is 6.36. The van der Waals surface area contributed by atoms with Gasteiger partial charge in [0.05, 0.1) is 7.11 Å². The largest absolute Gasteiger partial charge is 0.497 e. The van der Waals surface area contributed by atoms with Crippen LogP contribution in [0.25, 0.3) is 0 Å². The Bertz CT molecular complexity index is 445. The number of hydrogen-bond acceptors (Lipinski definition) is 3. The van der Waals surface area contributed by atoms with Crippen LogP contribution in [0.4, 0.5) is 10.5 Å². The molecule has 0 aliphatic carbocycles. The smallest absolute Gasteiger partial charge is 0.319 e. The first-order valence-electron chi connectivity index (χ1n) is 6.44. The van der Waals surface area contributed by atoms with E-state index < -0.39 is 5.97 Å². The van der Waals surface area contributed by atoms with Crippen molar-refractivity contribution in [3.8, 4) is 5.75 Å². The van der Waals surface area contributed by atoms with E-state index in [1.54, 1.807) is 31.4 Å². The van der Waals surface area contributed by atoms with Crippen molar-refractivity contribution < 1.29 is 19.4 Å². The van der Waals surface area contributed by atoms with Crippen molar-refractivity contribution in [1.82, 2.24) is 5.32 Å². The van der Waals surface area contributed by atoms with Gasteiger partial charge in [0.1, 0.15) is 5.75 Å². The normalized spacial score (nSPS) is 11.5. The van der Waals surface area contributed by atoms with Crippen LogP contribution < -0.4 is 15.4 Å². The van der Waals surface area contributed by atoms with Crippen LogP contribution in [0.3, 0.4) is 0 Å². The standard InChI is InChI=1S/C14H20N2O4/c1-10(4-3-5-13(17)18)15-14(19)16-11-6-8-12(20-2)9-7-11/h6-10H,3-5H2,1-2H3,(H,17,18)(H2,15,16,19). The Morgan fingerprint density at radius 2 is 1.95 bits per heavy atom. The van der Waals surface area contributed by atoms with Gasteiger partial charge in [0.25, 0.3) is 0 Å². The third-order valence-electron chi connectivity index (χ3n) is 2.75. The average molecular weight is 280 g/mol. The molecule has 1 unspecified atom stereocenters. The van der Waals surface area contributed by atoms with Crippen LogP contribution >= 0.6 is 0 Å². The van der Waals surface area contributed by atoms with Crippen molar-refractivity contribution in [3.05, 3.63) is 24.3 Å². The molecule has 0 fully saturated rings. The maximum Gasteiger partial charge on any atom is 0.319 e. The van der Waals surface area contributed by atoms with E-state index in [4.69, 9.17) is 9.84 Å². The zero-order chi connectivity index (χ0) is 15.0. The molecule has 1 atom stereocenters. The monoisotopic (exact) mass is 280 g/mol. The lowest BCUT2D eigenvalue weighted by Gasteiger charge is -2.14. The molecule has 1 rings (SSSR count). The minimum atomic E-state index is -0.820. The first kappa shape index (κ1) is 15.8. The molecular weight excluding hydrogens is 260 g/mol. The summed E-state index contributed by atoms with van der Waals surface area (Å²) in [6.07, 6.45) is 1.29. The van der Waals surface area contributed by atoms with E-state index in [1.807, 2.05) is 6.92 Å². The van der Waals surface area contributed by atoms with Gasteiger partial charge in [-0.3, -0.25) is 4.79 Å². The molecule has 0 radical (unpaired) electrons. The number of methoxy groups -OCH3 is 1. The van der Waals surface area contributed by atoms with E-state index in [0.29, 0.717) is 18.5 Å². The number of carboxylic acid groups (broad SMARTS) is 1. The number of carbonyl (C=O) groups is 2. The highest BCUT2D eigenvalue weighted by atomic mass is 16.5. The predicted molar refractivity (Wildman–Crippen MR) is 76.1 cm³/mol. The van der Waals surface area contributed by atoms with Gasteiger partial charge in [-0.1, -0.05) is 0 Å². The molecule has 0 aliphatic rings. The minimum Gasteiger partial charge on any atom is -0.497 e. The Hall–Kier alpha value is -2.24. The number of carboxylic acids is 1. The maximum absolute atomic E-state index is 11.7. The van der Waals surface area contributed by atoms with Gasteiger partial charge in [0, 0.05) is 18.2 Å². The summed E-state index contributed by atoms with van der Waals surface area (Å²) in [5, 5.41) is 14.0. The molecule has 0 heterocycles. The number of hydrogen-bond donors (Lipinski definition) is 3. The first-order valence-corrected chi connectivity index (χ1v) is 6.44. The fourth-order valence-corrected chi connectivity index (χ4v) is 1.70. The van der Waals surface area contributed by atoms with Gasteiger partial charge in [-0.05, 0) is 44.0 Å². The minimum absolute atomic E-state index is 0.0763. The number of carbonyl (C=O) groups excluding carboxylic acids is 1. The molecule has 20 heavy (non-hydrogen) atoms. The predicted octanol–water partition coefficient (Wildman–Crippen LogP) is 2.46. The third kappa shape index (κ3) is 6.08. The second-order valence-corrected chi connectivity index (χ2v) is 4.51. The van der Waals surface area contributed by atoms with Crippen LogP contribution in [0.1, 0.15) is 26.2 Å². The molecule has 0 saturated carbocycles. The van der Waals surface area contributed by atoms with Gasteiger partial charge in [-0.2, -0.15) is 0 Å². The fraction of sp³-hybridized carbons (Fsp3) is 0.429. The van der Waals surface area contributed by atoms with Gasteiger partial charge in [0.2, 0.25) is 0 Å². The molecule has 0 aliphatic heterocycles. The van der Waals surface area contributed by atoms with E-state index in [-0.39, 0.29) is 18.5 Å². The summed E-state index contributed by atoms with van der Waals surface area (Å²) in [6, 6.07) is 6.62. The van der Waals surface area contributed by atoms with E-state index >= 15 is 0 Å². The zero-order valence-corrected chi connectivity index (χ0v) is 11.7. The topological polar surface area (TPSA) is 87.7 Å².